The summed E-state index contributed by atoms with van der Waals surface area (Å²) in [5.41, 5.74) is 0.441. The number of nitrogens with one attached hydrogen (secondary N) is 1. The number of hydrogen-bond donors (Lipinski definition) is 1. The molecule has 1 N–H and O–H groups in total. The number of piperidine rings is 1. The quantitative estimate of drug-likeness (QED) is 0.825. The largest absolute Gasteiger partial charge is 0.353 e. The molecular formula is C21H31F2N3O. The predicted molar refractivity (Wildman–Crippen MR) is 102 cm³/mol. The number of carbonyl (C=O) groups excluding carboxylic acids is 1. The molecule has 0 saturated carbocycles. The second-order valence-electron chi connectivity index (χ2n) is 8.33. The van der Waals surface area contributed by atoms with E-state index in [2.05, 4.69) is 15.1 Å². The lowest BCUT2D eigenvalue weighted by Crippen LogP contribution is -2.40. The molecule has 0 aromatic heterocycles. The van der Waals surface area contributed by atoms with Crippen molar-refractivity contribution in [3.8, 4) is 0 Å². The Hall–Kier alpha value is -1.53. The summed E-state index contributed by atoms with van der Waals surface area (Å²) in [6, 6.07) is 4.59. The van der Waals surface area contributed by atoms with Crippen LogP contribution in [-0.4, -0.2) is 54.5 Å². The topological polar surface area (TPSA) is 35.6 Å². The second kappa shape index (κ2) is 9.11. The van der Waals surface area contributed by atoms with Gasteiger partial charge in [0.15, 0.2) is 11.6 Å². The molecule has 2 fully saturated rings. The summed E-state index contributed by atoms with van der Waals surface area (Å²) >= 11 is 0. The Bertz CT molecular complexity index is 644. The van der Waals surface area contributed by atoms with Crippen LogP contribution in [0.15, 0.2) is 18.2 Å². The third kappa shape index (κ3) is 5.48. The van der Waals surface area contributed by atoms with Gasteiger partial charge in [0.05, 0.1) is 6.54 Å². The van der Waals surface area contributed by atoms with Crippen LogP contribution < -0.4 is 5.32 Å². The maximum atomic E-state index is 13.9. The number of amides is 1. The number of rotatable bonds is 6. The summed E-state index contributed by atoms with van der Waals surface area (Å²) in [6.07, 6.45) is 3.33. The number of halogens is 2. The third-order valence-corrected chi connectivity index (χ3v) is 5.85. The maximum absolute atomic E-state index is 13.9. The smallest absolute Gasteiger partial charge is 0.234 e. The van der Waals surface area contributed by atoms with Crippen molar-refractivity contribution < 1.29 is 13.6 Å². The first-order valence-electron chi connectivity index (χ1n) is 10.1. The average molecular weight is 379 g/mol. The molecule has 1 atom stereocenters. The highest BCUT2D eigenvalue weighted by atomic mass is 19.2. The summed E-state index contributed by atoms with van der Waals surface area (Å²) in [6.45, 7) is 8.76. The van der Waals surface area contributed by atoms with Gasteiger partial charge in [-0.05, 0) is 70.6 Å². The molecule has 0 radical (unpaired) electrons. The molecule has 2 aliphatic heterocycles. The van der Waals surface area contributed by atoms with E-state index in [4.69, 9.17) is 0 Å². The molecule has 2 saturated heterocycles. The molecule has 3 rings (SSSR count). The van der Waals surface area contributed by atoms with Crippen LogP contribution in [0.25, 0.3) is 0 Å². The lowest BCUT2D eigenvalue weighted by molar-refractivity contribution is -0.122. The van der Waals surface area contributed by atoms with E-state index in [1.165, 1.54) is 6.07 Å². The van der Waals surface area contributed by atoms with E-state index in [1.54, 1.807) is 12.1 Å². The minimum atomic E-state index is -0.769. The van der Waals surface area contributed by atoms with Gasteiger partial charge in [-0.2, -0.15) is 0 Å². The lowest BCUT2D eigenvalue weighted by atomic mass is 9.83. The van der Waals surface area contributed by atoms with Crippen molar-refractivity contribution in [2.45, 2.75) is 45.7 Å². The van der Waals surface area contributed by atoms with Gasteiger partial charge in [-0.3, -0.25) is 14.6 Å². The molecule has 1 aromatic carbocycles. The van der Waals surface area contributed by atoms with E-state index in [0.29, 0.717) is 30.5 Å². The first-order valence-corrected chi connectivity index (χ1v) is 10.1. The molecule has 6 heteroatoms. The van der Waals surface area contributed by atoms with Gasteiger partial charge in [0, 0.05) is 24.7 Å². The zero-order chi connectivity index (χ0) is 19.4. The normalized spacial score (nSPS) is 22.5. The van der Waals surface area contributed by atoms with Crippen molar-refractivity contribution in [1.82, 2.24) is 15.1 Å². The Kier molecular flexibility index (Phi) is 6.82. The summed E-state index contributed by atoms with van der Waals surface area (Å²) in [5, 5.41) is 2.96. The zero-order valence-corrected chi connectivity index (χ0v) is 16.4. The molecule has 1 aromatic rings. The first-order chi connectivity index (χ1) is 12.9. The molecule has 2 heterocycles. The SMILES string of the molecule is CC(C)NC(=O)CN1CC[C@H](C2CCN(Cc3cccc(F)c3F)CC2)C1. The van der Waals surface area contributed by atoms with Crippen molar-refractivity contribution in [2.75, 3.05) is 32.7 Å². The predicted octanol–water partition coefficient (Wildman–Crippen LogP) is 3.02. The van der Waals surface area contributed by atoms with Crippen LogP contribution in [0.3, 0.4) is 0 Å². The molecule has 1 amide bonds. The van der Waals surface area contributed by atoms with Gasteiger partial charge in [0.2, 0.25) is 5.91 Å². The van der Waals surface area contributed by atoms with Crippen LogP contribution in [0.5, 0.6) is 0 Å². The van der Waals surface area contributed by atoms with Crippen LogP contribution in [0.2, 0.25) is 0 Å². The van der Waals surface area contributed by atoms with E-state index in [9.17, 15) is 13.6 Å². The number of carbonyl (C=O) groups is 1. The number of hydrogen-bond acceptors (Lipinski definition) is 3. The molecule has 2 aliphatic rings. The second-order valence-corrected chi connectivity index (χ2v) is 8.33. The third-order valence-electron chi connectivity index (χ3n) is 5.85. The van der Waals surface area contributed by atoms with Crippen LogP contribution in [0, 0.1) is 23.5 Å². The number of benzene rings is 1. The molecule has 150 valence electrons. The highest BCUT2D eigenvalue weighted by Gasteiger charge is 2.32. The van der Waals surface area contributed by atoms with Crippen LogP contribution >= 0.6 is 0 Å². The highest BCUT2D eigenvalue weighted by molar-refractivity contribution is 5.78. The fraction of sp³-hybridized carbons (Fsp3) is 0.667. The molecule has 0 aliphatic carbocycles. The Labute approximate surface area is 160 Å². The summed E-state index contributed by atoms with van der Waals surface area (Å²) in [7, 11) is 0. The monoisotopic (exact) mass is 379 g/mol. The van der Waals surface area contributed by atoms with E-state index in [-0.39, 0.29) is 11.9 Å². The first kappa shape index (κ1) is 20.2. The zero-order valence-electron chi connectivity index (χ0n) is 16.4. The van der Waals surface area contributed by atoms with Crippen molar-refractivity contribution >= 4 is 5.91 Å². The Morgan fingerprint density at radius 1 is 1.11 bits per heavy atom. The lowest BCUT2D eigenvalue weighted by Gasteiger charge is -2.35. The van der Waals surface area contributed by atoms with Gasteiger partial charge in [-0.1, -0.05) is 12.1 Å². The van der Waals surface area contributed by atoms with Crippen molar-refractivity contribution in [3.05, 3.63) is 35.4 Å². The van der Waals surface area contributed by atoms with Gasteiger partial charge in [0.25, 0.3) is 0 Å². The minimum Gasteiger partial charge on any atom is -0.353 e. The Balaban J connectivity index is 1.43. The molecule has 0 unspecified atom stereocenters. The van der Waals surface area contributed by atoms with Gasteiger partial charge < -0.3 is 5.32 Å². The maximum Gasteiger partial charge on any atom is 0.234 e. The van der Waals surface area contributed by atoms with E-state index < -0.39 is 11.6 Å². The number of likely N-dealkylation sites (tertiary alicyclic amines) is 2. The number of nitrogens with zero attached hydrogens (tertiary/aromatic N) is 2. The van der Waals surface area contributed by atoms with Crippen molar-refractivity contribution in [2.24, 2.45) is 11.8 Å². The van der Waals surface area contributed by atoms with Crippen molar-refractivity contribution in [1.29, 1.82) is 0 Å². The van der Waals surface area contributed by atoms with E-state index in [0.717, 1.165) is 45.4 Å². The van der Waals surface area contributed by atoms with Crippen LogP contribution in [0.1, 0.15) is 38.7 Å². The van der Waals surface area contributed by atoms with Crippen LogP contribution in [-0.2, 0) is 11.3 Å². The molecule has 0 bridgehead atoms. The fourth-order valence-electron chi connectivity index (χ4n) is 4.46. The minimum absolute atomic E-state index is 0.109. The molecule has 27 heavy (non-hydrogen) atoms. The molecule has 0 spiro atoms. The highest BCUT2D eigenvalue weighted by Crippen LogP contribution is 2.32. The summed E-state index contributed by atoms with van der Waals surface area (Å²) < 4.78 is 27.2. The van der Waals surface area contributed by atoms with Gasteiger partial charge >= 0.3 is 0 Å². The van der Waals surface area contributed by atoms with Gasteiger partial charge in [0.1, 0.15) is 0 Å². The Morgan fingerprint density at radius 2 is 1.78 bits per heavy atom. The van der Waals surface area contributed by atoms with E-state index >= 15 is 0 Å². The van der Waals surface area contributed by atoms with E-state index in [1.807, 2.05) is 13.8 Å². The summed E-state index contributed by atoms with van der Waals surface area (Å²) in [5.74, 6) is -0.0695. The average Bonchev–Trinajstić information content (AvgIpc) is 3.07. The van der Waals surface area contributed by atoms with Gasteiger partial charge in [-0.25, -0.2) is 8.78 Å². The standard InChI is InChI=1S/C21H31F2N3O/c1-15(2)24-20(27)14-26-11-8-17(12-26)16-6-9-25(10-7-16)13-18-4-3-5-19(22)21(18)23/h3-5,15-17H,6-14H2,1-2H3,(H,24,27)/t17-/m0/s1. The Morgan fingerprint density at radius 3 is 2.48 bits per heavy atom. The molecular weight excluding hydrogens is 348 g/mol. The summed E-state index contributed by atoms with van der Waals surface area (Å²) in [4.78, 5) is 16.4. The fourth-order valence-corrected chi connectivity index (χ4v) is 4.46. The van der Waals surface area contributed by atoms with Crippen LogP contribution in [0.4, 0.5) is 8.78 Å². The van der Waals surface area contributed by atoms with Crippen molar-refractivity contribution in [3.63, 3.8) is 0 Å². The van der Waals surface area contributed by atoms with Gasteiger partial charge in [-0.15, -0.1) is 0 Å². The molecule has 4 nitrogen and oxygen atoms in total.